The summed E-state index contributed by atoms with van der Waals surface area (Å²) in [7, 11) is 5.14. The summed E-state index contributed by atoms with van der Waals surface area (Å²) in [6.07, 6.45) is 2.17. The van der Waals surface area contributed by atoms with Crippen molar-refractivity contribution >= 4 is 30.1 Å². The molecule has 0 aliphatic carbocycles. The van der Waals surface area contributed by atoms with Crippen LogP contribution < -0.4 is 16.0 Å². The molecule has 0 spiro atoms. The number of carbonyl (C=O) groups excluding carboxylic acids is 4. The summed E-state index contributed by atoms with van der Waals surface area (Å²) < 4.78 is 21.7. The van der Waals surface area contributed by atoms with E-state index in [1.165, 1.54) is 7.05 Å². The molecule has 12 heteroatoms. The molecule has 1 rings (SSSR count). The zero-order valence-electron chi connectivity index (χ0n) is 23.4. The van der Waals surface area contributed by atoms with E-state index in [9.17, 15) is 19.2 Å². The van der Waals surface area contributed by atoms with Gasteiger partial charge in [0.2, 0.25) is 11.8 Å². The maximum absolute atomic E-state index is 12.5. The molecule has 2 amide bonds. The molecule has 220 valence electrons. The van der Waals surface area contributed by atoms with Crippen LogP contribution >= 0.6 is 0 Å². The Kier molecular flexibility index (Phi) is 19.4. The highest BCUT2D eigenvalue weighted by atomic mass is 16.6. The molecule has 1 unspecified atom stereocenters. The van der Waals surface area contributed by atoms with Gasteiger partial charge in [-0.15, -0.1) is 0 Å². The summed E-state index contributed by atoms with van der Waals surface area (Å²) in [6.45, 7) is 4.60. The lowest BCUT2D eigenvalue weighted by Crippen LogP contribution is -2.44. The molecule has 0 aromatic heterocycles. The Morgan fingerprint density at radius 1 is 0.923 bits per heavy atom. The lowest BCUT2D eigenvalue weighted by Gasteiger charge is -2.27. The Morgan fingerprint density at radius 2 is 1.54 bits per heavy atom. The number of nitrogens with zero attached hydrogens (tertiary/aromatic N) is 1. The average molecular weight is 553 g/mol. The lowest BCUT2D eigenvalue weighted by atomic mass is 10.0. The zero-order valence-corrected chi connectivity index (χ0v) is 23.4. The van der Waals surface area contributed by atoms with E-state index in [4.69, 9.17) is 18.9 Å². The Hall–Kier alpha value is -2.74. The molecular weight excluding hydrogens is 508 g/mol. The summed E-state index contributed by atoms with van der Waals surface area (Å²) in [5.74, 6) is -0.496. The molecule has 0 bridgehead atoms. The van der Waals surface area contributed by atoms with Crippen molar-refractivity contribution in [3.8, 4) is 0 Å². The average Bonchev–Trinajstić information content (AvgIpc) is 2.94. The van der Waals surface area contributed by atoms with Crippen molar-refractivity contribution in [2.24, 2.45) is 0 Å². The predicted molar refractivity (Wildman–Crippen MR) is 147 cm³/mol. The number of aldehydes is 2. The van der Waals surface area contributed by atoms with E-state index in [0.717, 1.165) is 12.8 Å². The Morgan fingerprint density at radius 3 is 2.10 bits per heavy atom. The SMILES string of the molecule is CNCCOCCOCCOCCOCCC(=O)Nc1cccc(C=O)c1CN(C)C(CCC=O)C(=O)NC. The van der Waals surface area contributed by atoms with Crippen LogP contribution in [0, 0.1) is 0 Å². The van der Waals surface area contributed by atoms with Crippen LogP contribution in [0.25, 0.3) is 0 Å². The van der Waals surface area contributed by atoms with Gasteiger partial charge in [0.15, 0.2) is 0 Å². The van der Waals surface area contributed by atoms with Crippen LogP contribution in [-0.4, -0.2) is 116 Å². The summed E-state index contributed by atoms with van der Waals surface area (Å²) in [6, 6.07) is 4.48. The van der Waals surface area contributed by atoms with E-state index in [0.29, 0.717) is 75.8 Å². The first kappa shape index (κ1) is 34.3. The smallest absolute Gasteiger partial charge is 0.237 e. The Bertz CT molecular complexity index is 855. The van der Waals surface area contributed by atoms with E-state index in [1.54, 1.807) is 30.1 Å². The van der Waals surface area contributed by atoms with Crippen molar-refractivity contribution in [2.75, 3.05) is 85.9 Å². The van der Waals surface area contributed by atoms with Crippen molar-refractivity contribution in [2.45, 2.75) is 31.8 Å². The molecule has 1 aromatic rings. The topological polar surface area (TPSA) is 145 Å². The molecule has 0 aliphatic heterocycles. The fourth-order valence-corrected chi connectivity index (χ4v) is 3.63. The molecular formula is C27H44N4O8. The molecule has 0 saturated heterocycles. The monoisotopic (exact) mass is 552 g/mol. The largest absolute Gasteiger partial charge is 0.379 e. The molecule has 1 aromatic carbocycles. The maximum Gasteiger partial charge on any atom is 0.237 e. The number of hydrogen-bond acceptors (Lipinski definition) is 10. The van der Waals surface area contributed by atoms with E-state index in [1.807, 2.05) is 7.05 Å². The van der Waals surface area contributed by atoms with E-state index >= 15 is 0 Å². The molecule has 0 saturated carbocycles. The minimum absolute atomic E-state index is 0.122. The van der Waals surface area contributed by atoms with Crippen LogP contribution in [0.1, 0.15) is 35.2 Å². The van der Waals surface area contributed by atoms with E-state index < -0.39 is 6.04 Å². The molecule has 1 atom stereocenters. The predicted octanol–water partition coefficient (Wildman–Crippen LogP) is 0.639. The molecule has 0 radical (unpaired) electrons. The van der Waals surface area contributed by atoms with Gasteiger partial charge in [-0.1, -0.05) is 12.1 Å². The molecule has 0 heterocycles. The Labute approximate surface area is 231 Å². The summed E-state index contributed by atoms with van der Waals surface area (Å²) in [5, 5.41) is 8.44. The fourth-order valence-electron chi connectivity index (χ4n) is 3.63. The van der Waals surface area contributed by atoms with Gasteiger partial charge in [-0.2, -0.15) is 0 Å². The number of likely N-dealkylation sites (N-methyl/N-ethyl adjacent to an activating group) is 3. The second-order valence-electron chi connectivity index (χ2n) is 8.63. The number of carbonyl (C=O) groups is 4. The number of rotatable bonds is 24. The third kappa shape index (κ3) is 14.8. The number of ether oxygens (including phenoxy) is 4. The normalized spacial score (nSPS) is 11.8. The quantitative estimate of drug-likeness (QED) is 0.123. The van der Waals surface area contributed by atoms with Crippen LogP contribution in [-0.2, 0) is 39.9 Å². The Balaban J connectivity index is 2.42. The van der Waals surface area contributed by atoms with Crippen LogP contribution in [0.5, 0.6) is 0 Å². The minimum atomic E-state index is -0.562. The maximum atomic E-state index is 12.5. The first-order chi connectivity index (χ1) is 19.0. The third-order valence-electron chi connectivity index (χ3n) is 5.75. The van der Waals surface area contributed by atoms with Crippen molar-refractivity contribution in [1.82, 2.24) is 15.5 Å². The van der Waals surface area contributed by atoms with Gasteiger partial charge in [-0.25, -0.2) is 0 Å². The van der Waals surface area contributed by atoms with Gasteiger partial charge in [0.1, 0.15) is 12.6 Å². The van der Waals surface area contributed by atoms with Crippen molar-refractivity contribution < 1.29 is 38.1 Å². The van der Waals surface area contributed by atoms with Gasteiger partial charge in [-0.3, -0.25) is 19.3 Å². The second-order valence-corrected chi connectivity index (χ2v) is 8.63. The number of amides is 2. The molecule has 12 nitrogen and oxygen atoms in total. The van der Waals surface area contributed by atoms with Crippen LogP contribution in [0.2, 0.25) is 0 Å². The second kappa shape index (κ2) is 22.1. The summed E-state index contributed by atoms with van der Waals surface area (Å²) in [4.78, 5) is 49.2. The number of nitrogens with one attached hydrogen (secondary N) is 3. The standard InChI is InChI=1S/C27H44N4O8/c1-28-10-13-37-15-17-39-19-18-38-16-14-36-12-9-26(34)30-24-7-4-6-22(21-33)23(24)20-31(3)25(8-5-11-32)27(35)29-2/h4,6-7,11,21,25,28H,5,8-10,12-20H2,1-3H3,(H,29,35)(H,30,34). The van der Waals surface area contributed by atoms with Gasteiger partial charge in [0.05, 0.1) is 65.3 Å². The van der Waals surface area contributed by atoms with Crippen LogP contribution in [0.3, 0.4) is 0 Å². The number of benzene rings is 1. The van der Waals surface area contributed by atoms with Gasteiger partial charge in [0.25, 0.3) is 0 Å². The fraction of sp³-hybridized carbons (Fsp3) is 0.630. The lowest BCUT2D eigenvalue weighted by molar-refractivity contribution is -0.126. The number of anilines is 1. The first-order valence-electron chi connectivity index (χ1n) is 13.2. The highest BCUT2D eigenvalue weighted by Crippen LogP contribution is 2.22. The highest BCUT2D eigenvalue weighted by molar-refractivity contribution is 5.93. The summed E-state index contributed by atoms with van der Waals surface area (Å²) in [5.41, 5.74) is 1.48. The van der Waals surface area contributed by atoms with Gasteiger partial charge in [0, 0.05) is 43.4 Å². The van der Waals surface area contributed by atoms with Crippen LogP contribution in [0.15, 0.2) is 18.2 Å². The highest BCUT2D eigenvalue weighted by Gasteiger charge is 2.24. The van der Waals surface area contributed by atoms with Gasteiger partial charge in [-0.05, 0) is 26.6 Å². The first-order valence-corrected chi connectivity index (χ1v) is 13.2. The van der Waals surface area contributed by atoms with Gasteiger partial charge >= 0.3 is 0 Å². The summed E-state index contributed by atoms with van der Waals surface area (Å²) >= 11 is 0. The van der Waals surface area contributed by atoms with Crippen molar-refractivity contribution in [3.63, 3.8) is 0 Å². The minimum Gasteiger partial charge on any atom is -0.379 e. The van der Waals surface area contributed by atoms with Crippen molar-refractivity contribution in [3.05, 3.63) is 29.3 Å². The molecule has 3 N–H and O–H groups in total. The van der Waals surface area contributed by atoms with Crippen LogP contribution in [0.4, 0.5) is 5.69 Å². The van der Waals surface area contributed by atoms with E-state index in [-0.39, 0.29) is 37.8 Å². The van der Waals surface area contributed by atoms with Gasteiger partial charge < -0.3 is 39.7 Å². The third-order valence-corrected chi connectivity index (χ3v) is 5.75. The molecule has 0 aliphatic rings. The van der Waals surface area contributed by atoms with Crippen molar-refractivity contribution in [1.29, 1.82) is 0 Å². The number of hydrogen-bond donors (Lipinski definition) is 3. The molecule has 0 fully saturated rings. The molecule has 39 heavy (non-hydrogen) atoms. The zero-order chi connectivity index (χ0) is 28.7. The van der Waals surface area contributed by atoms with E-state index in [2.05, 4.69) is 16.0 Å².